The fraction of sp³-hybridized carbons (Fsp3) is 0.562. The first-order chi connectivity index (χ1) is 10.4. The fourth-order valence-corrected chi connectivity index (χ4v) is 4.20. The van der Waals surface area contributed by atoms with E-state index in [0.717, 1.165) is 0 Å². The molecule has 1 aliphatic heterocycles. The van der Waals surface area contributed by atoms with Crippen molar-refractivity contribution in [1.29, 1.82) is 0 Å². The van der Waals surface area contributed by atoms with E-state index in [2.05, 4.69) is 0 Å². The molecular formula is C16H22FNO3S. The third kappa shape index (κ3) is 3.66. The second kappa shape index (κ2) is 7.22. The summed E-state index contributed by atoms with van der Waals surface area (Å²) in [6, 6.07) is 4.95. The second-order valence-electron chi connectivity index (χ2n) is 5.68. The lowest BCUT2D eigenvalue weighted by molar-refractivity contribution is -0.131. The minimum atomic E-state index is -0.885. The molecule has 1 amide bonds. The Bertz CT molecular complexity index is 565. The summed E-state index contributed by atoms with van der Waals surface area (Å²) in [4.78, 5) is 14.1. The highest BCUT2D eigenvalue weighted by molar-refractivity contribution is 7.86. The van der Waals surface area contributed by atoms with Crippen LogP contribution in [0.1, 0.15) is 25.8 Å². The first-order valence-electron chi connectivity index (χ1n) is 7.42. The Balaban J connectivity index is 1.97. The number of carbonyl (C=O) groups excluding carboxylic acids is 1. The van der Waals surface area contributed by atoms with Gasteiger partial charge < -0.3 is 9.64 Å². The van der Waals surface area contributed by atoms with Gasteiger partial charge in [0.1, 0.15) is 0 Å². The summed E-state index contributed by atoms with van der Waals surface area (Å²) < 4.78 is 30.9. The standard InChI is InChI=1S/C16H22FNO3S/c1-11-9-18(10-12(2)22(11)20)15(19)8-7-13-5-4-6-14(21-3)16(13)17/h4-6,11-12H,7-10H2,1-3H3. The molecule has 22 heavy (non-hydrogen) atoms. The molecule has 1 saturated heterocycles. The molecule has 2 atom stereocenters. The summed E-state index contributed by atoms with van der Waals surface area (Å²) in [5.41, 5.74) is 0.481. The average Bonchev–Trinajstić information content (AvgIpc) is 2.50. The zero-order chi connectivity index (χ0) is 16.3. The average molecular weight is 327 g/mol. The van der Waals surface area contributed by atoms with Crippen molar-refractivity contribution >= 4 is 16.7 Å². The van der Waals surface area contributed by atoms with Crippen molar-refractivity contribution in [3.05, 3.63) is 29.6 Å². The maximum absolute atomic E-state index is 14.1. The van der Waals surface area contributed by atoms with Gasteiger partial charge in [0.15, 0.2) is 11.6 Å². The van der Waals surface area contributed by atoms with Gasteiger partial charge in [0.2, 0.25) is 5.91 Å². The SMILES string of the molecule is COc1cccc(CCC(=O)N2CC(C)S(=O)C(C)C2)c1F. The number of hydrogen-bond acceptors (Lipinski definition) is 3. The van der Waals surface area contributed by atoms with Crippen LogP contribution < -0.4 is 4.74 Å². The van der Waals surface area contributed by atoms with Crippen LogP contribution in [0.2, 0.25) is 0 Å². The largest absolute Gasteiger partial charge is 0.494 e. The van der Waals surface area contributed by atoms with Gasteiger partial charge in [-0.25, -0.2) is 4.39 Å². The highest BCUT2D eigenvalue weighted by atomic mass is 32.2. The third-order valence-corrected chi connectivity index (χ3v) is 5.86. The van der Waals surface area contributed by atoms with Crippen LogP contribution in [0.5, 0.6) is 5.75 Å². The monoisotopic (exact) mass is 327 g/mol. The number of hydrogen-bond donors (Lipinski definition) is 0. The molecule has 4 nitrogen and oxygen atoms in total. The summed E-state index contributed by atoms with van der Waals surface area (Å²) in [7, 11) is 0.535. The molecule has 1 fully saturated rings. The minimum absolute atomic E-state index is 0.0127. The summed E-state index contributed by atoms with van der Waals surface area (Å²) in [6.07, 6.45) is 0.584. The topological polar surface area (TPSA) is 46.6 Å². The Hall–Kier alpha value is -1.43. The number of methoxy groups -OCH3 is 1. The van der Waals surface area contributed by atoms with Gasteiger partial charge in [0, 0.05) is 40.8 Å². The van der Waals surface area contributed by atoms with Gasteiger partial charge in [-0.3, -0.25) is 9.00 Å². The lowest BCUT2D eigenvalue weighted by Gasteiger charge is -2.34. The highest BCUT2D eigenvalue weighted by Gasteiger charge is 2.30. The van der Waals surface area contributed by atoms with Gasteiger partial charge in [-0.05, 0) is 31.9 Å². The van der Waals surface area contributed by atoms with E-state index in [1.165, 1.54) is 7.11 Å². The molecule has 0 spiro atoms. The van der Waals surface area contributed by atoms with Crippen molar-refractivity contribution in [2.75, 3.05) is 20.2 Å². The number of nitrogens with zero attached hydrogens (tertiary/aromatic N) is 1. The van der Waals surface area contributed by atoms with Gasteiger partial charge in [0.05, 0.1) is 7.11 Å². The normalized spacial score (nSPS) is 25.1. The maximum atomic E-state index is 14.1. The Kier molecular flexibility index (Phi) is 5.56. The first-order valence-corrected chi connectivity index (χ1v) is 8.70. The van der Waals surface area contributed by atoms with Crippen LogP contribution in [0.4, 0.5) is 4.39 Å². The molecule has 0 saturated carbocycles. The molecular weight excluding hydrogens is 305 g/mol. The molecule has 0 radical (unpaired) electrons. The molecule has 0 aliphatic carbocycles. The van der Waals surface area contributed by atoms with Crippen molar-refractivity contribution in [3.63, 3.8) is 0 Å². The van der Waals surface area contributed by atoms with E-state index in [4.69, 9.17) is 4.74 Å². The smallest absolute Gasteiger partial charge is 0.222 e. The van der Waals surface area contributed by atoms with Crippen LogP contribution in [-0.2, 0) is 22.0 Å². The molecule has 1 aromatic rings. The van der Waals surface area contributed by atoms with E-state index in [1.807, 2.05) is 13.8 Å². The minimum Gasteiger partial charge on any atom is -0.494 e. The highest BCUT2D eigenvalue weighted by Crippen LogP contribution is 2.22. The van der Waals surface area contributed by atoms with E-state index >= 15 is 0 Å². The summed E-state index contributed by atoms with van der Waals surface area (Å²) in [5, 5.41) is -0.0255. The Morgan fingerprint density at radius 3 is 2.59 bits per heavy atom. The lowest BCUT2D eigenvalue weighted by Crippen LogP contribution is -2.49. The molecule has 0 aromatic heterocycles. The molecule has 1 aliphatic rings. The van der Waals surface area contributed by atoms with Crippen molar-refractivity contribution < 1.29 is 18.1 Å². The predicted molar refractivity (Wildman–Crippen MR) is 84.9 cm³/mol. The number of aryl methyl sites for hydroxylation is 1. The number of rotatable bonds is 4. The zero-order valence-electron chi connectivity index (χ0n) is 13.2. The Morgan fingerprint density at radius 2 is 2.00 bits per heavy atom. The van der Waals surface area contributed by atoms with E-state index in [1.54, 1.807) is 23.1 Å². The zero-order valence-corrected chi connectivity index (χ0v) is 14.0. The van der Waals surface area contributed by atoms with E-state index in [-0.39, 0.29) is 28.6 Å². The van der Waals surface area contributed by atoms with Gasteiger partial charge in [-0.15, -0.1) is 0 Å². The lowest BCUT2D eigenvalue weighted by atomic mass is 10.1. The van der Waals surface area contributed by atoms with Crippen LogP contribution in [0.15, 0.2) is 18.2 Å². The molecule has 1 heterocycles. The van der Waals surface area contributed by atoms with E-state index < -0.39 is 16.6 Å². The molecule has 0 N–H and O–H groups in total. The predicted octanol–water partition coefficient (Wildman–Crippen LogP) is 2.13. The number of ether oxygens (including phenoxy) is 1. The number of halogens is 1. The summed E-state index contributed by atoms with van der Waals surface area (Å²) >= 11 is 0. The van der Waals surface area contributed by atoms with Crippen LogP contribution in [0.3, 0.4) is 0 Å². The molecule has 6 heteroatoms. The molecule has 122 valence electrons. The van der Waals surface area contributed by atoms with Gasteiger partial charge in [-0.1, -0.05) is 12.1 Å². The van der Waals surface area contributed by atoms with Crippen LogP contribution in [0.25, 0.3) is 0 Å². The summed E-state index contributed by atoms with van der Waals surface area (Å²) in [6.45, 7) is 4.81. The molecule has 2 unspecified atom stereocenters. The summed E-state index contributed by atoms with van der Waals surface area (Å²) in [5.74, 6) is -0.225. The van der Waals surface area contributed by atoms with Gasteiger partial charge >= 0.3 is 0 Å². The van der Waals surface area contributed by atoms with E-state index in [0.29, 0.717) is 25.1 Å². The van der Waals surface area contributed by atoms with Crippen molar-refractivity contribution in [1.82, 2.24) is 4.90 Å². The maximum Gasteiger partial charge on any atom is 0.222 e. The van der Waals surface area contributed by atoms with Crippen molar-refractivity contribution in [3.8, 4) is 5.75 Å². The van der Waals surface area contributed by atoms with E-state index in [9.17, 15) is 13.4 Å². The molecule has 0 bridgehead atoms. The van der Waals surface area contributed by atoms with Crippen LogP contribution in [-0.4, -0.2) is 45.7 Å². The van der Waals surface area contributed by atoms with Gasteiger partial charge in [-0.2, -0.15) is 0 Å². The van der Waals surface area contributed by atoms with Crippen LogP contribution in [0, 0.1) is 5.82 Å². The Morgan fingerprint density at radius 1 is 1.36 bits per heavy atom. The molecule has 1 aromatic carbocycles. The first kappa shape index (κ1) is 16.9. The van der Waals surface area contributed by atoms with Gasteiger partial charge in [0.25, 0.3) is 0 Å². The van der Waals surface area contributed by atoms with Crippen molar-refractivity contribution in [2.45, 2.75) is 37.2 Å². The number of carbonyl (C=O) groups is 1. The Labute approximate surface area is 133 Å². The second-order valence-corrected chi connectivity index (χ2v) is 7.95. The third-order valence-electron chi connectivity index (χ3n) is 3.97. The van der Waals surface area contributed by atoms with Crippen LogP contribution >= 0.6 is 0 Å². The van der Waals surface area contributed by atoms with Crippen molar-refractivity contribution in [2.24, 2.45) is 0 Å². The fourth-order valence-electron chi connectivity index (χ4n) is 2.75. The number of amides is 1. The molecule has 2 rings (SSSR count). The number of benzene rings is 1. The quantitative estimate of drug-likeness (QED) is 0.851.